The Morgan fingerprint density at radius 3 is 2.53 bits per heavy atom. The summed E-state index contributed by atoms with van der Waals surface area (Å²) < 4.78 is 0. The molecule has 0 saturated heterocycles. The van der Waals surface area contributed by atoms with E-state index in [4.69, 9.17) is 0 Å². The van der Waals surface area contributed by atoms with Crippen molar-refractivity contribution in [3.63, 3.8) is 0 Å². The molecule has 17 heavy (non-hydrogen) atoms. The van der Waals surface area contributed by atoms with Crippen molar-refractivity contribution in [1.29, 1.82) is 0 Å². The molecule has 0 spiro atoms. The van der Waals surface area contributed by atoms with Crippen LogP contribution in [0.3, 0.4) is 0 Å². The van der Waals surface area contributed by atoms with Gasteiger partial charge in [-0.25, -0.2) is 0 Å². The Morgan fingerprint density at radius 2 is 2.06 bits per heavy atom. The molecule has 1 amide bonds. The van der Waals surface area contributed by atoms with E-state index in [0.29, 0.717) is 23.4 Å². The summed E-state index contributed by atoms with van der Waals surface area (Å²) in [5.74, 6) is 0.955. The summed E-state index contributed by atoms with van der Waals surface area (Å²) in [6, 6.07) is 0.513. The van der Waals surface area contributed by atoms with Gasteiger partial charge in [0.15, 0.2) is 0 Å². The summed E-state index contributed by atoms with van der Waals surface area (Å²) in [5, 5.41) is 6.33. The number of hydrogen-bond donors (Lipinski definition) is 2. The number of hydrogen-bond acceptors (Lipinski definition) is 2. The quantitative estimate of drug-likeness (QED) is 0.786. The molecule has 2 N–H and O–H groups in total. The van der Waals surface area contributed by atoms with Gasteiger partial charge in [0.2, 0.25) is 5.91 Å². The highest BCUT2D eigenvalue weighted by molar-refractivity contribution is 5.77. The number of likely N-dealkylation sites (N-methyl/N-ethyl adjacent to an activating group) is 1. The van der Waals surface area contributed by atoms with E-state index in [1.165, 1.54) is 19.3 Å². The molecule has 3 nitrogen and oxygen atoms in total. The van der Waals surface area contributed by atoms with Gasteiger partial charge in [0, 0.05) is 12.6 Å². The molecule has 3 atom stereocenters. The van der Waals surface area contributed by atoms with Crippen molar-refractivity contribution < 1.29 is 4.79 Å². The van der Waals surface area contributed by atoms with Crippen LogP contribution < -0.4 is 10.6 Å². The minimum absolute atomic E-state index is 0.122. The van der Waals surface area contributed by atoms with E-state index in [0.717, 1.165) is 12.5 Å². The van der Waals surface area contributed by atoms with Gasteiger partial charge in [0.25, 0.3) is 0 Å². The molecule has 0 aliphatic heterocycles. The molecule has 2 bridgehead atoms. The van der Waals surface area contributed by atoms with E-state index >= 15 is 0 Å². The Morgan fingerprint density at radius 1 is 1.35 bits per heavy atom. The average molecular weight is 238 g/mol. The van der Waals surface area contributed by atoms with Crippen molar-refractivity contribution in [2.75, 3.05) is 13.1 Å². The van der Waals surface area contributed by atoms with Crippen LogP contribution in [0, 0.1) is 16.7 Å². The zero-order valence-electron chi connectivity index (χ0n) is 11.6. The summed E-state index contributed by atoms with van der Waals surface area (Å²) in [5.41, 5.74) is 0.788. The largest absolute Gasteiger partial charge is 0.355 e. The Bertz CT molecular complexity index is 313. The third kappa shape index (κ3) is 1.88. The van der Waals surface area contributed by atoms with Crippen molar-refractivity contribution in [2.24, 2.45) is 16.7 Å². The molecule has 2 rings (SSSR count). The molecule has 3 unspecified atom stereocenters. The molecule has 3 heteroatoms. The molecule has 98 valence electrons. The summed E-state index contributed by atoms with van der Waals surface area (Å²) in [4.78, 5) is 11.5. The van der Waals surface area contributed by atoms with Crippen LogP contribution in [-0.4, -0.2) is 25.0 Å². The molecule has 0 aromatic rings. The smallest absolute Gasteiger partial charge is 0.233 e. The van der Waals surface area contributed by atoms with Gasteiger partial charge in [0.05, 0.1) is 6.54 Å². The van der Waals surface area contributed by atoms with Gasteiger partial charge in [0.1, 0.15) is 0 Å². The van der Waals surface area contributed by atoms with Gasteiger partial charge < -0.3 is 10.6 Å². The lowest BCUT2D eigenvalue weighted by Gasteiger charge is -2.39. The van der Waals surface area contributed by atoms with Gasteiger partial charge in [-0.1, -0.05) is 20.8 Å². The molecule has 0 radical (unpaired) electrons. The molecule has 0 heterocycles. The molecule has 2 saturated carbocycles. The third-order valence-electron chi connectivity index (χ3n) is 5.68. The summed E-state index contributed by atoms with van der Waals surface area (Å²) >= 11 is 0. The summed E-state index contributed by atoms with van der Waals surface area (Å²) in [6.07, 6.45) is 3.91. The summed E-state index contributed by atoms with van der Waals surface area (Å²) in [7, 11) is 0. The summed E-state index contributed by atoms with van der Waals surface area (Å²) in [6.45, 7) is 10.3. The lowest BCUT2D eigenvalue weighted by atomic mass is 9.69. The van der Waals surface area contributed by atoms with Crippen molar-refractivity contribution in [1.82, 2.24) is 10.6 Å². The van der Waals surface area contributed by atoms with Crippen molar-refractivity contribution in [3.05, 3.63) is 0 Å². The number of nitrogens with one attached hydrogen (secondary N) is 2. The monoisotopic (exact) mass is 238 g/mol. The lowest BCUT2D eigenvalue weighted by molar-refractivity contribution is -0.120. The fourth-order valence-electron chi connectivity index (χ4n) is 3.99. The highest BCUT2D eigenvalue weighted by Crippen LogP contribution is 2.65. The number of carbonyl (C=O) groups is 1. The minimum atomic E-state index is 0.122. The molecule has 0 aromatic carbocycles. The van der Waals surface area contributed by atoms with Crippen LogP contribution in [0.15, 0.2) is 0 Å². The highest BCUT2D eigenvalue weighted by atomic mass is 16.1. The van der Waals surface area contributed by atoms with Crippen molar-refractivity contribution in [2.45, 2.75) is 53.0 Å². The molecular weight excluding hydrogens is 212 g/mol. The van der Waals surface area contributed by atoms with Gasteiger partial charge in [-0.2, -0.15) is 0 Å². The molecule has 2 aliphatic carbocycles. The average Bonchev–Trinajstić information content (AvgIpc) is 2.59. The predicted octanol–water partition coefficient (Wildman–Crippen LogP) is 1.93. The Labute approximate surface area is 105 Å². The van der Waals surface area contributed by atoms with Crippen LogP contribution in [0.1, 0.15) is 47.0 Å². The molecule has 2 aliphatic rings. The zero-order chi connectivity index (χ0) is 12.7. The number of fused-ring (bicyclic) bond motifs is 2. The predicted molar refractivity (Wildman–Crippen MR) is 69.7 cm³/mol. The second-order valence-corrected chi connectivity index (χ2v) is 6.50. The van der Waals surface area contributed by atoms with E-state index in [9.17, 15) is 4.79 Å². The van der Waals surface area contributed by atoms with Crippen LogP contribution in [0.25, 0.3) is 0 Å². The second kappa shape index (κ2) is 4.27. The van der Waals surface area contributed by atoms with Gasteiger partial charge in [-0.15, -0.1) is 0 Å². The maximum atomic E-state index is 11.5. The standard InChI is InChI=1S/C14H26N2O/c1-5-15-12(17)9-16-11-8-10-6-7-14(11,4)13(10,2)3/h10-11,16H,5-9H2,1-4H3,(H,15,17). The Kier molecular flexibility index (Phi) is 3.23. The van der Waals surface area contributed by atoms with Crippen LogP contribution in [0.5, 0.6) is 0 Å². The second-order valence-electron chi connectivity index (χ2n) is 6.50. The lowest BCUT2D eigenvalue weighted by Crippen LogP contribution is -2.47. The fraction of sp³-hybridized carbons (Fsp3) is 0.929. The van der Waals surface area contributed by atoms with E-state index in [1.807, 2.05) is 6.92 Å². The van der Waals surface area contributed by atoms with Crippen LogP contribution in [0.4, 0.5) is 0 Å². The first-order valence-corrected chi connectivity index (χ1v) is 6.92. The Hall–Kier alpha value is -0.570. The van der Waals surface area contributed by atoms with Crippen LogP contribution >= 0.6 is 0 Å². The minimum Gasteiger partial charge on any atom is -0.355 e. The molecule has 0 aromatic heterocycles. The highest BCUT2D eigenvalue weighted by Gasteiger charge is 2.60. The molecule has 2 fully saturated rings. The number of carbonyl (C=O) groups excluding carboxylic acids is 1. The first-order valence-electron chi connectivity index (χ1n) is 6.92. The van der Waals surface area contributed by atoms with Crippen molar-refractivity contribution >= 4 is 5.91 Å². The van der Waals surface area contributed by atoms with Gasteiger partial charge in [-0.05, 0) is 42.9 Å². The maximum absolute atomic E-state index is 11.5. The van der Waals surface area contributed by atoms with Crippen LogP contribution in [-0.2, 0) is 4.79 Å². The fourth-order valence-corrected chi connectivity index (χ4v) is 3.99. The van der Waals surface area contributed by atoms with E-state index in [-0.39, 0.29) is 5.91 Å². The SMILES string of the molecule is CCNC(=O)CNC1CC2CCC1(C)C2(C)C. The van der Waals surface area contributed by atoms with Gasteiger partial charge >= 0.3 is 0 Å². The zero-order valence-corrected chi connectivity index (χ0v) is 11.6. The number of amides is 1. The van der Waals surface area contributed by atoms with E-state index < -0.39 is 0 Å². The number of rotatable bonds is 4. The first kappa shape index (κ1) is 12.9. The van der Waals surface area contributed by atoms with Crippen LogP contribution in [0.2, 0.25) is 0 Å². The molecular formula is C14H26N2O. The van der Waals surface area contributed by atoms with E-state index in [1.54, 1.807) is 0 Å². The van der Waals surface area contributed by atoms with E-state index in [2.05, 4.69) is 31.4 Å². The Balaban J connectivity index is 1.94. The topological polar surface area (TPSA) is 41.1 Å². The normalized spacial score (nSPS) is 38.4. The first-order chi connectivity index (χ1) is 7.91. The maximum Gasteiger partial charge on any atom is 0.233 e. The third-order valence-corrected chi connectivity index (χ3v) is 5.68. The van der Waals surface area contributed by atoms with Gasteiger partial charge in [-0.3, -0.25) is 4.79 Å². The van der Waals surface area contributed by atoms with Crippen molar-refractivity contribution in [3.8, 4) is 0 Å².